The number of H-pyrrole nitrogens is 1. The third kappa shape index (κ3) is 4.51. The van der Waals surface area contributed by atoms with Crippen molar-refractivity contribution in [1.29, 1.82) is 0 Å². The van der Waals surface area contributed by atoms with E-state index in [0.29, 0.717) is 29.9 Å². The molecule has 1 aliphatic rings. The highest BCUT2D eigenvalue weighted by atomic mass is 32.2. The number of halogens is 4. The molecule has 0 aliphatic carbocycles. The largest absolute Gasteiger partial charge is 0.493 e. The smallest absolute Gasteiger partial charge is 0.417 e. The molecule has 3 aromatic rings. The SMILES string of the molecule is CC(C)(CC(O)(Cc1cc2cc(S(=O)(=O)O)ccc2[nH]1)C(F)(F)F)c1cc(F)cc2c1OCC2. The van der Waals surface area contributed by atoms with Crippen molar-refractivity contribution < 1.29 is 40.4 Å². The molecule has 0 bridgehead atoms. The summed E-state index contributed by atoms with van der Waals surface area (Å²) in [4.78, 5) is 2.35. The first-order chi connectivity index (χ1) is 15.6. The molecule has 1 aliphatic heterocycles. The summed E-state index contributed by atoms with van der Waals surface area (Å²) in [6.07, 6.45) is -6.22. The molecule has 34 heavy (non-hydrogen) atoms. The second-order valence-corrected chi connectivity index (χ2v) is 10.7. The topological polar surface area (TPSA) is 99.6 Å². The van der Waals surface area contributed by atoms with E-state index in [1.807, 2.05) is 0 Å². The van der Waals surface area contributed by atoms with Gasteiger partial charge in [-0.3, -0.25) is 4.55 Å². The number of aromatic nitrogens is 1. The molecule has 1 atom stereocenters. The van der Waals surface area contributed by atoms with Gasteiger partial charge in [0.05, 0.1) is 11.5 Å². The van der Waals surface area contributed by atoms with Gasteiger partial charge in [0.15, 0.2) is 5.60 Å². The first kappa shape index (κ1) is 24.5. The van der Waals surface area contributed by atoms with Crippen LogP contribution in [0.25, 0.3) is 10.9 Å². The van der Waals surface area contributed by atoms with Crippen LogP contribution in [0.5, 0.6) is 5.75 Å². The van der Waals surface area contributed by atoms with E-state index in [1.54, 1.807) is 0 Å². The second-order valence-electron chi connectivity index (χ2n) is 9.33. The van der Waals surface area contributed by atoms with Crippen molar-refractivity contribution in [2.24, 2.45) is 0 Å². The van der Waals surface area contributed by atoms with Gasteiger partial charge in [0.2, 0.25) is 0 Å². The van der Waals surface area contributed by atoms with Crippen LogP contribution in [0.4, 0.5) is 17.6 Å². The summed E-state index contributed by atoms with van der Waals surface area (Å²) >= 11 is 0. The molecule has 184 valence electrons. The highest BCUT2D eigenvalue weighted by Crippen LogP contribution is 2.47. The van der Waals surface area contributed by atoms with Gasteiger partial charge in [0.1, 0.15) is 11.6 Å². The number of hydrogen-bond acceptors (Lipinski definition) is 4. The highest BCUT2D eigenvalue weighted by molar-refractivity contribution is 7.85. The van der Waals surface area contributed by atoms with Crippen molar-refractivity contribution in [1.82, 2.24) is 4.98 Å². The Bertz CT molecular complexity index is 1360. The average Bonchev–Trinajstić information content (AvgIpc) is 3.30. The molecule has 2 heterocycles. The maximum absolute atomic E-state index is 14.2. The zero-order chi connectivity index (χ0) is 25.1. The zero-order valence-corrected chi connectivity index (χ0v) is 19.1. The molecule has 1 unspecified atom stereocenters. The summed E-state index contributed by atoms with van der Waals surface area (Å²) < 4.78 is 94.2. The molecule has 0 saturated heterocycles. The lowest BCUT2D eigenvalue weighted by Gasteiger charge is -2.38. The lowest BCUT2D eigenvalue weighted by Crippen LogP contribution is -2.51. The van der Waals surface area contributed by atoms with E-state index in [9.17, 15) is 35.6 Å². The number of benzene rings is 2. The fourth-order valence-electron chi connectivity index (χ4n) is 4.60. The molecule has 11 heteroatoms. The Morgan fingerprint density at radius 2 is 1.82 bits per heavy atom. The van der Waals surface area contributed by atoms with Gasteiger partial charge in [-0.15, -0.1) is 0 Å². The normalized spacial score (nSPS) is 16.4. The Kier molecular flexibility index (Phi) is 5.73. The Labute approximate surface area is 193 Å². The van der Waals surface area contributed by atoms with Crippen molar-refractivity contribution in [3.63, 3.8) is 0 Å². The predicted molar refractivity (Wildman–Crippen MR) is 116 cm³/mol. The van der Waals surface area contributed by atoms with Gasteiger partial charge in [-0.05, 0) is 48.2 Å². The average molecular weight is 501 g/mol. The van der Waals surface area contributed by atoms with Crippen LogP contribution in [-0.2, 0) is 28.4 Å². The Hall–Kier alpha value is -2.63. The number of rotatable bonds is 6. The predicted octanol–water partition coefficient (Wildman–Crippen LogP) is 4.69. The van der Waals surface area contributed by atoms with Gasteiger partial charge < -0.3 is 14.8 Å². The summed E-state index contributed by atoms with van der Waals surface area (Å²) in [7, 11) is -4.49. The lowest BCUT2D eigenvalue weighted by atomic mass is 9.72. The first-order valence-corrected chi connectivity index (χ1v) is 11.9. The number of fused-ring (bicyclic) bond motifs is 2. The number of hydrogen-bond donors (Lipinski definition) is 3. The monoisotopic (exact) mass is 501 g/mol. The van der Waals surface area contributed by atoms with Crippen molar-refractivity contribution in [2.75, 3.05) is 6.61 Å². The van der Waals surface area contributed by atoms with Crippen LogP contribution < -0.4 is 4.74 Å². The summed E-state index contributed by atoms with van der Waals surface area (Å²) in [6, 6.07) is 7.27. The van der Waals surface area contributed by atoms with Gasteiger partial charge in [-0.25, -0.2) is 4.39 Å². The van der Waals surface area contributed by atoms with E-state index in [0.717, 1.165) is 18.2 Å². The van der Waals surface area contributed by atoms with Crippen molar-refractivity contribution in [2.45, 2.75) is 55.2 Å². The molecule has 4 rings (SSSR count). The second kappa shape index (κ2) is 7.96. The molecule has 0 saturated carbocycles. The van der Waals surface area contributed by atoms with Crippen molar-refractivity contribution in [3.8, 4) is 5.75 Å². The van der Waals surface area contributed by atoms with E-state index in [4.69, 9.17) is 4.74 Å². The minimum Gasteiger partial charge on any atom is -0.493 e. The molecule has 0 radical (unpaired) electrons. The van der Waals surface area contributed by atoms with Crippen molar-refractivity contribution in [3.05, 3.63) is 59.0 Å². The van der Waals surface area contributed by atoms with Gasteiger partial charge in [0, 0.05) is 40.6 Å². The number of nitrogens with one attached hydrogen (secondary N) is 1. The van der Waals surface area contributed by atoms with Crippen LogP contribution in [0.15, 0.2) is 41.3 Å². The minimum atomic E-state index is -5.03. The van der Waals surface area contributed by atoms with E-state index in [1.165, 1.54) is 32.0 Å². The lowest BCUT2D eigenvalue weighted by molar-refractivity contribution is -0.266. The first-order valence-electron chi connectivity index (χ1n) is 10.4. The van der Waals surface area contributed by atoms with Gasteiger partial charge in [-0.2, -0.15) is 21.6 Å². The number of aliphatic hydroxyl groups is 1. The Morgan fingerprint density at radius 3 is 2.47 bits per heavy atom. The van der Waals surface area contributed by atoms with Gasteiger partial charge in [0.25, 0.3) is 10.1 Å². The fourth-order valence-corrected chi connectivity index (χ4v) is 5.12. The molecule has 3 N–H and O–H groups in total. The summed E-state index contributed by atoms with van der Waals surface area (Å²) in [5.41, 5.74) is -3.34. The minimum absolute atomic E-state index is 0.0128. The number of alkyl halides is 3. The summed E-state index contributed by atoms with van der Waals surface area (Å²) in [5.74, 6) is -0.243. The molecule has 0 spiro atoms. The third-order valence-electron chi connectivity index (χ3n) is 6.17. The van der Waals surface area contributed by atoms with Crippen LogP contribution in [-0.4, -0.2) is 41.4 Å². The molecule has 1 aromatic heterocycles. The molecule has 0 amide bonds. The highest BCUT2D eigenvalue weighted by Gasteiger charge is 2.56. The molecule has 0 fully saturated rings. The van der Waals surface area contributed by atoms with Gasteiger partial charge >= 0.3 is 6.18 Å². The quantitative estimate of drug-likeness (QED) is 0.336. The van der Waals surface area contributed by atoms with Gasteiger partial charge in [-0.1, -0.05) is 13.8 Å². The van der Waals surface area contributed by atoms with Crippen LogP contribution in [0.1, 0.15) is 37.1 Å². The standard InChI is InChI=1S/C23H23F4NO5S/c1-21(2,18-10-15(24)7-13-5-6-33-20(13)18)12-22(29,23(25,26)27)11-16-8-14-9-17(34(30,31)32)3-4-19(14)28-16/h3-4,7-10,28-29H,5-6,11-12H2,1-2H3,(H,30,31,32). The van der Waals surface area contributed by atoms with Crippen LogP contribution >= 0.6 is 0 Å². The van der Waals surface area contributed by atoms with E-state index >= 15 is 0 Å². The summed E-state index contributed by atoms with van der Waals surface area (Å²) in [6.45, 7) is 3.28. The van der Waals surface area contributed by atoms with Crippen LogP contribution in [0, 0.1) is 5.82 Å². The van der Waals surface area contributed by atoms with Crippen LogP contribution in [0.3, 0.4) is 0 Å². The van der Waals surface area contributed by atoms with E-state index in [2.05, 4.69) is 4.98 Å². The Morgan fingerprint density at radius 1 is 1.12 bits per heavy atom. The molecular formula is C23H23F4NO5S. The Balaban J connectivity index is 1.71. The molecule has 2 aromatic carbocycles. The van der Waals surface area contributed by atoms with E-state index in [-0.39, 0.29) is 16.6 Å². The van der Waals surface area contributed by atoms with Crippen LogP contribution in [0.2, 0.25) is 0 Å². The molecular weight excluding hydrogens is 478 g/mol. The summed E-state index contributed by atoms with van der Waals surface area (Å²) in [5, 5.41) is 11.2. The zero-order valence-electron chi connectivity index (χ0n) is 18.3. The molecule has 6 nitrogen and oxygen atoms in total. The van der Waals surface area contributed by atoms with E-state index < -0.39 is 50.9 Å². The number of ether oxygens (including phenoxy) is 1. The van der Waals surface area contributed by atoms with Crippen molar-refractivity contribution >= 4 is 21.0 Å². The third-order valence-corrected chi connectivity index (χ3v) is 7.02. The maximum atomic E-state index is 14.2. The maximum Gasteiger partial charge on any atom is 0.417 e. The number of aromatic amines is 1. The fraction of sp³-hybridized carbons (Fsp3) is 0.391.